The Kier molecular flexibility index (Phi) is 5.91. The number of hydrogen-bond acceptors (Lipinski definition) is 4. The first-order valence-electron chi connectivity index (χ1n) is 11.2. The fraction of sp³-hybridized carbons (Fsp3) is 0.360. The van der Waals surface area contributed by atoms with Crippen molar-refractivity contribution in [3.05, 3.63) is 65.2 Å². The van der Waals surface area contributed by atoms with Gasteiger partial charge in [-0.05, 0) is 42.7 Å². The lowest BCUT2D eigenvalue weighted by Crippen LogP contribution is -2.75. The molecule has 1 saturated heterocycles. The molecule has 2 aromatic rings. The molecule has 5 amide bonds. The Morgan fingerprint density at radius 2 is 1.79 bits per heavy atom. The standard InChI is InChI=1S/C25H29N5O4/c1-24(2,26)22(33)30(14-16-7-5-4-6-8-16)15-20(31)27-19-10-9-17-12-25(13-18(17)11-19)21(32)28-23(34)29(25)3/h4-11H,12-15,26H2,1-3H3,(H,27,31)(H,28,32,34)/p+1. The minimum atomic E-state index is -0.916. The molecule has 1 fully saturated rings. The number of amides is 5. The molecular formula is C25H30N5O4+. The topological polar surface area (TPSA) is 126 Å². The van der Waals surface area contributed by atoms with Crippen molar-refractivity contribution in [1.29, 1.82) is 0 Å². The number of imide groups is 1. The van der Waals surface area contributed by atoms with Crippen LogP contribution < -0.4 is 16.4 Å². The highest BCUT2D eigenvalue weighted by Crippen LogP contribution is 2.38. The molecule has 34 heavy (non-hydrogen) atoms. The quantitative estimate of drug-likeness (QED) is 0.544. The highest BCUT2D eigenvalue weighted by Gasteiger charge is 2.54. The highest BCUT2D eigenvalue weighted by atomic mass is 16.2. The second-order valence-corrected chi connectivity index (χ2v) is 9.77. The van der Waals surface area contributed by atoms with Crippen molar-refractivity contribution in [1.82, 2.24) is 15.1 Å². The molecule has 0 aromatic heterocycles. The summed E-state index contributed by atoms with van der Waals surface area (Å²) in [5.74, 6) is -0.845. The molecule has 5 N–H and O–H groups in total. The third-order valence-corrected chi connectivity index (χ3v) is 6.46. The lowest BCUT2D eigenvalue weighted by atomic mass is 9.95. The normalized spacial score (nSPS) is 19.2. The lowest BCUT2D eigenvalue weighted by Gasteiger charge is -2.27. The first kappa shape index (κ1) is 23.4. The van der Waals surface area contributed by atoms with Gasteiger partial charge >= 0.3 is 6.03 Å². The van der Waals surface area contributed by atoms with Crippen LogP contribution in [0.5, 0.6) is 0 Å². The summed E-state index contributed by atoms with van der Waals surface area (Å²) in [4.78, 5) is 53.3. The number of rotatable bonds is 6. The van der Waals surface area contributed by atoms with Gasteiger partial charge in [-0.3, -0.25) is 19.7 Å². The van der Waals surface area contributed by atoms with Gasteiger partial charge in [0.2, 0.25) is 5.91 Å². The molecule has 9 heteroatoms. The second-order valence-electron chi connectivity index (χ2n) is 9.77. The number of carbonyl (C=O) groups is 4. The summed E-state index contributed by atoms with van der Waals surface area (Å²) in [6.07, 6.45) is 0.816. The molecular weight excluding hydrogens is 434 g/mol. The van der Waals surface area contributed by atoms with Crippen molar-refractivity contribution in [2.45, 2.75) is 44.3 Å². The maximum absolute atomic E-state index is 13.0. The van der Waals surface area contributed by atoms with E-state index < -0.39 is 17.1 Å². The molecule has 4 rings (SSSR count). The molecule has 2 aliphatic rings. The number of benzene rings is 2. The fourth-order valence-electron chi connectivity index (χ4n) is 4.58. The highest BCUT2D eigenvalue weighted by molar-refractivity contribution is 6.07. The van der Waals surface area contributed by atoms with Crippen LogP contribution in [0.25, 0.3) is 0 Å². The zero-order chi connectivity index (χ0) is 24.7. The number of carbonyl (C=O) groups excluding carboxylic acids is 4. The van der Waals surface area contributed by atoms with E-state index in [2.05, 4.69) is 16.4 Å². The van der Waals surface area contributed by atoms with Crippen LogP contribution in [0.4, 0.5) is 10.5 Å². The number of nitrogens with one attached hydrogen (secondary N) is 2. The molecule has 1 aliphatic heterocycles. The molecule has 1 unspecified atom stereocenters. The Morgan fingerprint density at radius 1 is 1.12 bits per heavy atom. The molecule has 0 bridgehead atoms. The average molecular weight is 465 g/mol. The van der Waals surface area contributed by atoms with Crippen molar-refractivity contribution in [2.24, 2.45) is 0 Å². The lowest BCUT2D eigenvalue weighted by molar-refractivity contribution is -0.448. The Labute approximate surface area is 198 Å². The van der Waals surface area contributed by atoms with E-state index in [-0.39, 0.29) is 24.3 Å². The monoisotopic (exact) mass is 464 g/mol. The molecule has 0 radical (unpaired) electrons. The van der Waals surface area contributed by atoms with Gasteiger partial charge in [0, 0.05) is 32.1 Å². The summed E-state index contributed by atoms with van der Waals surface area (Å²) in [6, 6.07) is 14.6. The van der Waals surface area contributed by atoms with Gasteiger partial charge in [0.25, 0.3) is 11.8 Å². The van der Waals surface area contributed by atoms with Crippen LogP contribution in [0.15, 0.2) is 48.5 Å². The van der Waals surface area contributed by atoms with Crippen molar-refractivity contribution in [2.75, 3.05) is 18.9 Å². The largest absolute Gasteiger partial charge is 0.345 e. The van der Waals surface area contributed by atoms with E-state index in [9.17, 15) is 19.2 Å². The van der Waals surface area contributed by atoms with Crippen molar-refractivity contribution < 1.29 is 24.9 Å². The Hall–Kier alpha value is -3.72. The summed E-state index contributed by atoms with van der Waals surface area (Å²) >= 11 is 0. The Bertz CT molecular complexity index is 1160. The minimum absolute atomic E-state index is 0.118. The molecule has 2 aromatic carbocycles. The van der Waals surface area contributed by atoms with Gasteiger partial charge in [0.1, 0.15) is 12.1 Å². The Morgan fingerprint density at radius 3 is 2.41 bits per heavy atom. The molecule has 1 heterocycles. The second kappa shape index (κ2) is 8.57. The van der Waals surface area contributed by atoms with Gasteiger partial charge in [-0.1, -0.05) is 36.4 Å². The van der Waals surface area contributed by atoms with Gasteiger partial charge in [0.15, 0.2) is 5.54 Å². The fourth-order valence-corrected chi connectivity index (χ4v) is 4.58. The van der Waals surface area contributed by atoms with E-state index in [0.717, 1.165) is 16.7 Å². The number of nitrogens with zero attached hydrogens (tertiary/aromatic N) is 2. The molecule has 0 saturated carbocycles. The zero-order valence-electron chi connectivity index (χ0n) is 19.7. The average Bonchev–Trinajstić information content (AvgIpc) is 3.26. The molecule has 1 atom stereocenters. The molecule has 1 aliphatic carbocycles. The molecule has 1 spiro atoms. The number of hydrogen-bond donors (Lipinski definition) is 3. The van der Waals surface area contributed by atoms with E-state index >= 15 is 0 Å². The van der Waals surface area contributed by atoms with Crippen LogP contribution in [-0.4, -0.2) is 58.2 Å². The summed E-state index contributed by atoms with van der Waals surface area (Å²) in [7, 11) is 1.62. The first-order valence-corrected chi connectivity index (χ1v) is 11.2. The van der Waals surface area contributed by atoms with Crippen molar-refractivity contribution in [3.63, 3.8) is 0 Å². The van der Waals surface area contributed by atoms with Gasteiger partial charge < -0.3 is 20.9 Å². The van der Waals surface area contributed by atoms with Crippen LogP contribution >= 0.6 is 0 Å². The first-order chi connectivity index (χ1) is 16.0. The molecule has 9 nitrogen and oxygen atoms in total. The summed E-state index contributed by atoms with van der Waals surface area (Å²) in [5.41, 5.74) is 5.52. The zero-order valence-corrected chi connectivity index (χ0v) is 19.7. The predicted molar refractivity (Wildman–Crippen MR) is 125 cm³/mol. The van der Waals surface area contributed by atoms with Crippen LogP contribution in [0.3, 0.4) is 0 Å². The van der Waals surface area contributed by atoms with Gasteiger partial charge in [-0.2, -0.15) is 0 Å². The Balaban J connectivity index is 1.47. The number of quaternary nitrogens is 1. The van der Waals surface area contributed by atoms with Gasteiger partial charge in [0.05, 0.1) is 0 Å². The summed E-state index contributed by atoms with van der Waals surface area (Å²) in [5, 5.41) is 5.25. The number of fused-ring (bicyclic) bond motifs is 1. The smallest absolute Gasteiger partial charge is 0.324 e. The van der Waals surface area contributed by atoms with E-state index in [4.69, 9.17) is 0 Å². The van der Waals surface area contributed by atoms with Gasteiger partial charge in [-0.25, -0.2) is 4.79 Å². The third kappa shape index (κ3) is 4.38. The molecule has 178 valence electrons. The summed E-state index contributed by atoms with van der Waals surface area (Å²) in [6.45, 7) is 3.63. The maximum atomic E-state index is 13.0. The number of likely N-dealkylation sites (N-methyl/N-ethyl adjacent to an activating group) is 1. The van der Waals surface area contributed by atoms with Crippen molar-refractivity contribution in [3.8, 4) is 0 Å². The van der Waals surface area contributed by atoms with E-state index in [1.54, 1.807) is 27.0 Å². The maximum Gasteiger partial charge on any atom is 0.324 e. The van der Waals surface area contributed by atoms with Crippen LogP contribution in [0.1, 0.15) is 30.5 Å². The van der Waals surface area contributed by atoms with Crippen LogP contribution in [0.2, 0.25) is 0 Å². The van der Waals surface area contributed by atoms with E-state index in [0.29, 0.717) is 25.1 Å². The number of urea groups is 1. The summed E-state index contributed by atoms with van der Waals surface area (Å²) < 4.78 is 0. The van der Waals surface area contributed by atoms with Crippen LogP contribution in [0, 0.1) is 0 Å². The SMILES string of the molecule is CN1C(=O)NC(=O)C12Cc1ccc(NC(=O)CN(Cc3ccccc3)C(=O)C(C)(C)[NH3+])cc1C2. The van der Waals surface area contributed by atoms with Gasteiger partial charge in [-0.15, -0.1) is 0 Å². The third-order valence-electron chi connectivity index (χ3n) is 6.46. The minimum Gasteiger partial charge on any atom is -0.345 e. The van der Waals surface area contributed by atoms with E-state index in [1.807, 2.05) is 42.5 Å². The van der Waals surface area contributed by atoms with Crippen LogP contribution in [-0.2, 0) is 33.8 Å². The van der Waals surface area contributed by atoms with Crippen molar-refractivity contribution >= 4 is 29.4 Å². The number of anilines is 1. The predicted octanol–water partition coefficient (Wildman–Crippen LogP) is 0.693. The van der Waals surface area contributed by atoms with E-state index in [1.165, 1.54) is 9.80 Å².